The molecule has 1 rings (SSSR count). The first-order valence-corrected chi connectivity index (χ1v) is 5.36. The highest BCUT2D eigenvalue weighted by Gasteiger charge is 2.32. The van der Waals surface area contributed by atoms with E-state index < -0.39 is 5.60 Å². The molecule has 0 aliphatic heterocycles. The van der Waals surface area contributed by atoms with Crippen LogP contribution in [0.3, 0.4) is 0 Å². The lowest BCUT2D eigenvalue weighted by Gasteiger charge is -2.28. The Balaban J connectivity index is 2.11. The molecule has 78 valence electrons. The molecule has 1 aliphatic carbocycles. The third-order valence-corrected chi connectivity index (χ3v) is 3.41. The van der Waals surface area contributed by atoms with Crippen molar-refractivity contribution in [1.82, 2.24) is 5.32 Å². The summed E-state index contributed by atoms with van der Waals surface area (Å²) < 4.78 is 0. The lowest BCUT2D eigenvalue weighted by Crippen LogP contribution is -2.42. The summed E-state index contributed by atoms with van der Waals surface area (Å²) >= 11 is 0. The van der Waals surface area contributed by atoms with E-state index >= 15 is 0 Å². The summed E-state index contributed by atoms with van der Waals surface area (Å²) in [6, 6.07) is 0. The van der Waals surface area contributed by atoms with Gasteiger partial charge in [0.05, 0.1) is 5.60 Å². The quantitative estimate of drug-likeness (QED) is 0.682. The molecule has 2 nitrogen and oxygen atoms in total. The summed E-state index contributed by atoms with van der Waals surface area (Å²) in [5.41, 5.74) is -0.557. The van der Waals surface area contributed by atoms with E-state index in [4.69, 9.17) is 0 Å². The Bertz CT molecular complexity index is 165. The molecule has 0 bridgehead atoms. The zero-order valence-corrected chi connectivity index (χ0v) is 9.30. The van der Waals surface area contributed by atoms with Gasteiger partial charge in [-0.05, 0) is 37.6 Å². The van der Waals surface area contributed by atoms with Gasteiger partial charge in [-0.15, -0.1) is 0 Å². The third-order valence-electron chi connectivity index (χ3n) is 3.41. The second-order valence-corrected chi connectivity index (χ2v) is 5.12. The first-order chi connectivity index (χ1) is 5.93. The van der Waals surface area contributed by atoms with Crippen molar-refractivity contribution in [2.24, 2.45) is 17.8 Å². The molecule has 0 saturated heterocycles. The van der Waals surface area contributed by atoms with E-state index in [1.54, 1.807) is 0 Å². The molecule has 0 heterocycles. The van der Waals surface area contributed by atoms with Gasteiger partial charge in [0.1, 0.15) is 0 Å². The molecule has 0 amide bonds. The van der Waals surface area contributed by atoms with Gasteiger partial charge in [-0.3, -0.25) is 0 Å². The fourth-order valence-corrected chi connectivity index (χ4v) is 1.40. The van der Waals surface area contributed by atoms with Crippen LogP contribution in [0.2, 0.25) is 0 Å². The minimum atomic E-state index is -0.557. The summed E-state index contributed by atoms with van der Waals surface area (Å²) in [7, 11) is 0. The Morgan fingerprint density at radius 2 is 2.08 bits per heavy atom. The van der Waals surface area contributed by atoms with Crippen molar-refractivity contribution >= 4 is 0 Å². The molecular formula is C11H23NO. The second kappa shape index (κ2) is 3.97. The van der Waals surface area contributed by atoms with Crippen molar-refractivity contribution < 1.29 is 5.11 Å². The Labute approximate surface area is 81.7 Å². The maximum Gasteiger partial charge on any atom is 0.0766 e. The van der Waals surface area contributed by atoms with Crippen LogP contribution in [0, 0.1) is 17.8 Å². The molecule has 1 saturated carbocycles. The van der Waals surface area contributed by atoms with Crippen LogP contribution in [-0.2, 0) is 0 Å². The fourth-order valence-electron chi connectivity index (χ4n) is 1.40. The maximum atomic E-state index is 9.93. The predicted octanol–water partition coefficient (Wildman–Crippen LogP) is 1.64. The van der Waals surface area contributed by atoms with Crippen LogP contribution in [0.25, 0.3) is 0 Å². The SMILES string of the molecule is CC1CC1CNCC(C)(O)C(C)C. The average Bonchev–Trinajstić information content (AvgIpc) is 2.66. The molecule has 0 radical (unpaired) electrons. The first-order valence-electron chi connectivity index (χ1n) is 5.36. The average molecular weight is 185 g/mol. The Hall–Kier alpha value is -0.0800. The van der Waals surface area contributed by atoms with Gasteiger partial charge in [0.2, 0.25) is 0 Å². The van der Waals surface area contributed by atoms with Crippen molar-refractivity contribution in [3.63, 3.8) is 0 Å². The number of rotatable bonds is 5. The summed E-state index contributed by atoms with van der Waals surface area (Å²) in [5, 5.41) is 13.3. The van der Waals surface area contributed by atoms with Crippen molar-refractivity contribution in [2.45, 2.75) is 39.7 Å². The van der Waals surface area contributed by atoms with Crippen LogP contribution in [-0.4, -0.2) is 23.8 Å². The minimum Gasteiger partial charge on any atom is -0.389 e. The van der Waals surface area contributed by atoms with Crippen LogP contribution >= 0.6 is 0 Å². The molecule has 1 aliphatic rings. The fraction of sp³-hybridized carbons (Fsp3) is 1.00. The molecule has 1 fully saturated rings. The summed E-state index contributed by atoms with van der Waals surface area (Å²) in [6.07, 6.45) is 1.36. The zero-order chi connectivity index (χ0) is 10.1. The van der Waals surface area contributed by atoms with Gasteiger partial charge >= 0.3 is 0 Å². The molecule has 13 heavy (non-hydrogen) atoms. The number of hydrogen-bond donors (Lipinski definition) is 2. The van der Waals surface area contributed by atoms with Crippen molar-refractivity contribution in [2.75, 3.05) is 13.1 Å². The van der Waals surface area contributed by atoms with E-state index in [9.17, 15) is 5.11 Å². The highest BCUT2D eigenvalue weighted by atomic mass is 16.3. The molecule has 3 atom stereocenters. The highest BCUT2D eigenvalue weighted by molar-refractivity contribution is 4.86. The van der Waals surface area contributed by atoms with E-state index in [0.29, 0.717) is 12.5 Å². The van der Waals surface area contributed by atoms with Gasteiger partial charge in [-0.1, -0.05) is 20.8 Å². The third kappa shape index (κ3) is 3.28. The van der Waals surface area contributed by atoms with Crippen LogP contribution < -0.4 is 5.32 Å². The van der Waals surface area contributed by atoms with Gasteiger partial charge in [-0.2, -0.15) is 0 Å². The topological polar surface area (TPSA) is 32.3 Å². The van der Waals surface area contributed by atoms with Gasteiger partial charge in [-0.25, -0.2) is 0 Å². The van der Waals surface area contributed by atoms with E-state index in [2.05, 4.69) is 26.1 Å². The first kappa shape index (κ1) is 11.0. The number of nitrogens with one attached hydrogen (secondary N) is 1. The standard InChI is InChI=1S/C11H23NO/c1-8(2)11(4,13)7-12-6-10-5-9(10)3/h8-10,12-13H,5-7H2,1-4H3. The van der Waals surface area contributed by atoms with Gasteiger partial charge in [0, 0.05) is 6.54 Å². The Kier molecular flexibility index (Phi) is 3.36. The van der Waals surface area contributed by atoms with Crippen molar-refractivity contribution in [3.8, 4) is 0 Å². The molecule has 2 N–H and O–H groups in total. The summed E-state index contributed by atoms with van der Waals surface area (Å²) in [6.45, 7) is 10.1. The summed E-state index contributed by atoms with van der Waals surface area (Å²) in [4.78, 5) is 0. The highest BCUT2D eigenvalue weighted by Crippen LogP contribution is 2.36. The summed E-state index contributed by atoms with van der Waals surface area (Å²) in [5.74, 6) is 2.08. The van der Waals surface area contributed by atoms with Crippen molar-refractivity contribution in [3.05, 3.63) is 0 Å². The molecule has 0 aromatic heterocycles. The minimum absolute atomic E-state index is 0.316. The van der Waals surface area contributed by atoms with Crippen LogP contribution in [0.4, 0.5) is 0 Å². The molecule has 0 aromatic carbocycles. The Morgan fingerprint density at radius 3 is 2.46 bits per heavy atom. The van der Waals surface area contributed by atoms with Crippen LogP contribution in [0.5, 0.6) is 0 Å². The van der Waals surface area contributed by atoms with Gasteiger partial charge in [0.15, 0.2) is 0 Å². The van der Waals surface area contributed by atoms with E-state index in [-0.39, 0.29) is 0 Å². The maximum absolute atomic E-state index is 9.93. The predicted molar refractivity (Wildman–Crippen MR) is 55.6 cm³/mol. The Morgan fingerprint density at radius 1 is 1.54 bits per heavy atom. The zero-order valence-electron chi connectivity index (χ0n) is 9.30. The van der Waals surface area contributed by atoms with Gasteiger partial charge < -0.3 is 10.4 Å². The molecule has 0 spiro atoms. The lowest BCUT2D eigenvalue weighted by molar-refractivity contribution is 0.0141. The molecular weight excluding hydrogens is 162 g/mol. The van der Waals surface area contributed by atoms with Gasteiger partial charge in [0.25, 0.3) is 0 Å². The van der Waals surface area contributed by atoms with E-state index in [1.165, 1.54) is 6.42 Å². The number of aliphatic hydroxyl groups is 1. The van der Waals surface area contributed by atoms with Crippen molar-refractivity contribution in [1.29, 1.82) is 0 Å². The molecule has 3 unspecified atom stereocenters. The monoisotopic (exact) mass is 185 g/mol. The van der Waals surface area contributed by atoms with Crippen LogP contribution in [0.1, 0.15) is 34.1 Å². The van der Waals surface area contributed by atoms with E-state index in [0.717, 1.165) is 18.4 Å². The van der Waals surface area contributed by atoms with E-state index in [1.807, 2.05) is 6.92 Å². The van der Waals surface area contributed by atoms with Crippen LogP contribution in [0.15, 0.2) is 0 Å². The smallest absolute Gasteiger partial charge is 0.0766 e. The lowest BCUT2D eigenvalue weighted by atomic mass is 9.92. The molecule has 2 heteroatoms. The molecule has 0 aromatic rings. The largest absolute Gasteiger partial charge is 0.389 e. The number of hydrogen-bond acceptors (Lipinski definition) is 2. The second-order valence-electron chi connectivity index (χ2n) is 5.12. The normalized spacial score (nSPS) is 31.8.